The molecule has 160 valence electrons. The number of benzene rings is 2. The molecule has 0 bridgehead atoms. The van der Waals surface area contributed by atoms with Gasteiger partial charge in [-0.1, -0.05) is 6.08 Å². The fraction of sp³-hybridized carbons (Fsp3) is 0.375. The molecule has 1 aliphatic rings. The Bertz CT molecular complexity index is 872. The maximum atomic E-state index is 12.8. The standard InChI is InChI=1S/C24H30N2O4/c1-4-6-19-15-22(30-5-2)16-20(23(19)27)17-25-11-13-26(14-12-25)24(28)18-7-9-21(29-3)10-8-18/h4,7-10,15-16,27H,1,5-6,11-14,17H2,2-3H3. The van der Waals surface area contributed by atoms with Crippen molar-refractivity contribution in [3.8, 4) is 17.2 Å². The summed E-state index contributed by atoms with van der Waals surface area (Å²) in [5.41, 5.74) is 2.33. The third kappa shape index (κ3) is 5.13. The highest BCUT2D eigenvalue weighted by Gasteiger charge is 2.23. The highest BCUT2D eigenvalue weighted by atomic mass is 16.5. The van der Waals surface area contributed by atoms with Gasteiger partial charge in [0.1, 0.15) is 17.2 Å². The Hall–Kier alpha value is -2.99. The number of allylic oxidation sites excluding steroid dienone is 1. The Balaban J connectivity index is 1.63. The molecule has 2 aromatic rings. The summed E-state index contributed by atoms with van der Waals surface area (Å²) >= 11 is 0. The molecule has 1 aliphatic heterocycles. The van der Waals surface area contributed by atoms with Gasteiger partial charge in [0.05, 0.1) is 13.7 Å². The lowest BCUT2D eigenvalue weighted by Crippen LogP contribution is -2.48. The zero-order chi connectivity index (χ0) is 21.5. The molecule has 1 fully saturated rings. The lowest BCUT2D eigenvalue weighted by atomic mass is 10.0. The van der Waals surface area contributed by atoms with Crippen molar-refractivity contribution >= 4 is 5.91 Å². The number of methoxy groups -OCH3 is 1. The molecule has 1 amide bonds. The average molecular weight is 411 g/mol. The molecule has 0 unspecified atom stereocenters. The first-order valence-corrected chi connectivity index (χ1v) is 10.3. The molecule has 1 saturated heterocycles. The number of carbonyl (C=O) groups is 1. The Morgan fingerprint density at radius 1 is 1.10 bits per heavy atom. The Labute approximate surface area is 178 Å². The van der Waals surface area contributed by atoms with Crippen LogP contribution in [0.2, 0.25) is 0 Å². The lowest BCUT2D eigenvalue weighted by Gasteiger charge is -2.35. The number of aromatic hydroxyl groups is 1. The van der Waals surface area contributed by atoms with Crippen LogP contribution in [0.15, 0.2) is 49.1 Å². The van der Waals surface area contributed by atoms with Crippen LogP contribution in [0.25, 0.3) is 0 Å². The first-order valence-electron chi connectivity index (χ1n) is 10.3. The number of nitrogens with zero attached hydrogens (tertiary/aromatic N) is 2. The van der Waals surface area contributed by atoms with E-state index in [0.29, 0.717) is 44.0 Å². The Morgan fingerprint density at radius 3 is 2.37 bits per heavy atom. The van der Waals surface area contributed by atoms with E-state index < -0.39 is 0 Å². The average Bonchev–Trinajstić information content (AvgIpc) is 2.77. The molecular formula is C24H30N2O4. The smallest absolute Gasteiger partial charge is 0.253 e. The van der Waals surface area contributed by atoms with Crippen LogP contribution in [0.5, 0.6) is 17.2 Å². The van der Waals surface area contributed by atoms with Gasteiger partial charge < -0.3 is 19.5 Å². The van der Waals surface area contributed by atoms with E-state index in [0.717, 1.165) is 35.7 Å². The molecule has 0 saturated carbocycles. The number of ether oxygens (including phenoxy) is 2. The molecule has 0 spiro atoms. The summed E-state index contributed by atoms with van der Waals surface area (Å²) in [6.45, 7) is 9.69. The molecule has 1 N–H and O–H groups in total. The first-order chi connectivity index (χ1) is 14.5. The molecule has 30 heavy (non-hydrogen) atoms. The van der Waals surface area contributed by atoms with E-state index in [1.165, 1.54) is 0 Å². The monoisotopic (exact) mass is 410 g/mol. The quantitative estimate of drug-likeness (QED) is 0.675. The predicted octanol–water partition coefficient (Wildman–Crippen LogP) is 3.49. The number of phenols is 1. The normalized spacial score (nSPS) is 14.4. The van der Waals surface area contributed by atoms with Gasteiger partial charge in [-0.25, -0.2) is 0 Å². The largest absolute Gasteiger partial charge is 0.507 e. The number of rotatable bonds is 8. The zero-order valence-electron chi connectivity index (χ0n) is 17.8. The van der Waals surface area contributed by atoms with Gasteiger partial charge in [0.2, 0.25) is 0 Å². The molecule has 1 heterocycles. The summed E-state index contributed by atoms with van der Waals surface area (Å²) in [6.07, 6.45) is 2.36. The Morgan fingerprint density at radius 2 is 1.77 bits per heavy atom. The number of hydrogen-bond acceptors (Lipinski definition) is 5. The van der Waals surface area contributed by atoms with Gasteiger partial charge in [-0.2, -0.15) is 0 Å². The topological polar surface area (TPSA) is 62.2 Å². The molecule has 6 nitrogen and oxygen atoms in total. The minimum atomic E-state index is 0.0340. The van der Waals surface area contributed by atoms with E-state index in [1.807, 2.05) is 24.0 Å². The van der Waals surface area contributed by atoms with Gasteiger partial charge in [0.15, 0.2) is 0 Å². The minimum Gasteiger partial charge on any atom is -0.507 e. The summed E-state index contributed by atoms with van der Waals surface area (Å²) in [4.78, 5) is 16.9. The summed E-state index contributed by atoms with van der Waals surface area (Å²) < 4.78 is 10.8. The van der Waals surface area contributed by atoms with E-state index in [9.17, 15) is 9.90 Å². The second-order valence-corrected chi connectivity index (χ2v) is 7.31. The van der Waals surface area contributed by atoms with Crippen molar-refractivity contribution in [1.29, 1.82) is 0 Å². The van der Waals surface area contributed by atoms with Crippen molar-refractivity contribution in [2.45, 2.75) is 19.9 Å². The van der Waals surface area contributed by atoms with Crippen molar-refractivity contribution in [3.05, 3.63) is 65.7 Å². The molecule has 2 aromatic carbocycles. The van der Waals surface area contributed by atoms with Crippen LogP contribution in [0, 0.1) is 0 Å². The van der Waals surface area contributed by atoms with Crippen LogP contribution in [0.1, 0.15) is 28.4 Å². The van der Waals surface area contributed by atoms with Gasteiger partial charge in [-0.3, -0.25) is 9.69 Å². The molecule has 0 atom stereocenters. The van der Waals surface area contributed by atoms with Crippen LogP contribution in [0.3, 0.4) is 0 Å². The lowest BCUT2D eigenvalue weighted by molar-refractivity contribution is 0.0627. The van der Waals surface area contributed by atoms with E-state index in [1.54, 1.807) is 37.5 Å². The third-order valence-electron chi connectivity index (χ3n) is 5.31. The molecule has 3 rings (SSSR count). The van der Waals surface area contributed by atoms with Crippen LogP contribution in [0.4, 0.5) is 0 Å². The zero-order valence-corrected chi connectivity index (χ0v) is 17.8. The van der Waals surface area contributed by atoms with Crippen molar-refractivity contribution in [3.63, 3.8) is 0 Å². The maximum absolute atomic E-state index is 12.8. The van der Waals surface area contributed by atoms with Gasteiger partial charge in [-0.05, 0) is 49.7 Å². The van der Waals surface area contributed by atoms with Gasteiger partial charge in [0.25, 0.3) is 5.91 Å². The highest BCUT2D eigenvalue weighted by Crippen LogP contribution is 2.30. The molecule has 0 aliphatic carbocycles. The molecule has 0 radical (unpaired) electrons. The number of amides is 1. The van der Waals surface area contributed by atoms with Crippen LogP contribution >= 0.6 is 0 Å². The number of carbonyl (C=O) groups excluding carboxylic acids is 1. The first kappa shape index (κ1) is 21.7. The number of phenolic OH excluding ortho intramolecular Hbond substituents is 1. The van der Waals surface area contributed by atoms with Crippen LogP contribution in [-0.4, -0.2) is 60.7 Å². The van der Waals surface area contributed by atoms with E-state index in [-0.39, 0.29) is 5.91 Å². The van der Waals surface area contributed by atoms with E-state index in [4.69, 9.17) is 9.47 Å². The van der Waals surface area contributed by atoms with Crippen molar-refractivity contribution in [2.24, 2.45) is 0 Å². The third-order valence-corrected chi connectivity index (χ3v) is 5.31. The maximum Gasteiger partial charge on any atom is 0.253 e. The summed E-state index contributed by atoms with van der Waals surface area (Å²) in [5, 5.41) is 10.7. The highest BCUT2D eigenvalue weighted by molar-refractivity contribution is 5.94. The molecular weight excluding hydrogens is 380 g/mol. The number of hydrogen-bond donors (Lipinski definition) is 1. The second-order valence-electron chi connectivity index (χ2n) is 7.31. The predicted molar refractivity (Wildman–Crippen MR) is 117 cm³/mol. The molecule has 0 aromatic heterocycles. The van der Waals surface area contributed by atoms with E-state index >= 15 is 0 Å². The van der Waals surface area contributed by atoms with E-state index in [2.05, 4.69) is 11.5 Å². The van der Waals surface area contributed by atoms with Crippen molar-refractivity contribution in [1.82, 2.24) is 9.80 Å². The van der Waals surface area contributed by atoms with Crippen LogP contribution < -0.4 is 9.47 Å². The van der Waals surface area contributed by atoms with Crippen LogP contribution in [-0.2, 0) is 13.0 Å². The van der Waals surface area contributed by atoms with Gasteiger partial charge >= 0.3 is 0 Å². The second kappa shape index (κ2) is 10.2. The fourth-order valence-electron chi connectivity index (χ4n) is 3.68. The summed E-state index contributed by atoms with van der Waals surface area (Å²) in [7, 11) is 1.61. The van der Waals surface area contributed by atoms with Gasteiger partial charge in [0, 0.05) is 49.4 Å². The summed E-state index contributed by atoms with van der Waals surface area (Å²) in [6, 6.07) is 11.0. The molecule has 6 heteroatoms. The van der Waals surface area contributed by atoms with Crippen molar-refractivity contribution in [2.75, 3.05) is 39.9 Å². The van der Waals surface area contributed by atoms with Gasteiger partial charge in [-0.15, -0.1) is 6.58 Å². The minimum absolute atomic E-state index is 0.0340. The Kier molecular flexibility index (Phi) is 7.36. The fourth-order valence-corrected chi connectivity index (χ4v) is 3.68. The SMILES string of the molecule is C=CCc1cc(OCC)cc(CN2CCN(C(=O)c3ccc(OC)cc3)CC2)c1O. The summed E-state index contributed by atoms with van der Waals surface area (Å²) in [5.74, 6) is 1.83. The van der Waals surface area contributed by atoms with Crippen molar-refractivity contribution < 1.29 is 19.4 Å². The number of piperazine rings is 1.